The highest BCUT2D eigenvalue weighted by Gasteiger charge is 2.69. The number of H-pyrrole nitrogens is 1. The molecule has 0 spiro atoms. The van der Waals surface area contributed by atoms with E-state index < -0.39 is 28.1 Å². The van der Waals surface area contributed by atoms with Gasteiger partial charge in [-0.05, 0) is 19.1 Å². The quantitative estimate of drug-likeness (QED) is 0.374. The van der Waals surface area contributed by atoms with Gasteiger partial charge in [0.1, 0.15) is 28.0 Å². The Morgan fingerprint density at radius 2 is 2.17 bits per heavy atom. The molecule has 1 aromatic heterocycles. The number of nitrogens with one attached hydrogen (secondary N) is 1. The maximum absolute atomic E-state index is 12.0. The number of alkyl halides is 2. The van der Waals surface area contributed by atoms with E-state index in [2.05, 4.69) is 9.97 Å². The van der Waals surface area contributed by atoms with Crippen molar-refractivity contribution >= 4 is 45.8 Å². The molecular weight excluding hydrogens is 353 g/mol. The summed E-state index contributed by atoms with van der Waals surface area (Å²) in [5, 5.41) is 19.4. The van der Waals surface area contributed by atoms with Gasteiger partial charge >= 0.3 is 5.97 Å². The van der Waals surface area contributed by atoms with Crippen molar-refractivity contribution in [2.45, 2.75) is 17.7 Å². The number of hydrogen-bond acceptors (Lipinski definition) is 5. The highest BCUT2D eigenvalue weighted by molar-refractivity contribution is 6.53. The Hall–Kier alpha value is -2.23. The Morgan fingerprint density at radius 1 is 1.50 bits per heavy atom. The fraction of sp³-hybridized carbons (Fsp3) is 0.312. The third kappa shape index (κ3) is 2.70. The average Bonchev–Trinajstić information content (AvgIpc) is 2.89. The summed E-state index contributed by atoms with van der Waals surface area (Å²) < 4.78 is 3.88. The lowest BCUT2D eigenvalue weighted by molar-refractivity contribution is -0.149. The number of ether oxygens (including phenoxy) is 1. The summed E-state index contributed by atoms with van der Waals surface area (Å²) in [4.78, 5) is 19.2. The SMILES string of the molecule is C[C@]1(C(=O)OC/C(O)=C(\C#N)c2nc3ccccc3[nH]2)CC1(Cl)Cl. The average molecular weight is 366 g/mol. The van der Waals surface area contributed by atoms with Crippen molar-refractivity contribution in [3.63, 3.8) is 0 Å². The number of imidazole rings is 1. The standard InChI is InChI=1S/C16H13Cl2N3O3/c1-15(8-16(15,17)18)14(23)24-7-12(22)9(6-19)13-20-10-4-2-3-5-11(10)21-13/h2-5,22H,7-8H2,1H3,(H,20,21)/b12-9-/t15-/m1/s1. The summed E-state index contributed by atoms with van der Waals surface area (Å²) in [7, 11) is 0. The Morgan fingerprint density at radius 3 is 2.75 bits per heavy atom. The second-order valence-corrected chi connectivity index (χ2v) is 7.31. The molecule has 3 rings (SSSR count). The number of hydrogen-bond donors (Lipinski definition) is 2. The van der Waals surface area contributed by atoms with Crippen molar-refractivity contribution in [2.75, 3.05) is 6.61 Å². The zero-order valence-electron chi connectivity index (χ0n) is 12.6. The summed E-state index contributed by atoms with van der Waals surface area (Å²) >= 11 is 11.8. The third-order valence-corrected chi connectivity index (χ3v) is 5.18. The van der Waals surface area contributed by atoms with Gasteiger partial charge in [0.2, 0.25) is 0 Å². The van der Waals surface area contributed by atoms with Gasteiger partial charge in [0.15, 0.2) is 11.6 Å². The van der Waals surface area contributed by atoms with E-state index in [1.807, 2.05) is 18.2 Å². The van der Waals surface area contributed by atoms with E-state index in [0.717, 1.165) is 5.52 Å². The number of allylic oxidation sites excluding steroid dienone is 1. The first-order chi connectivity index (χ1) is 11.3. The number of aliphatic hydroxyl groups is 1. The van der Waals surface area contributed by atoms with Crippen molar-refractivity contribution in [2.24, 2.45) is 5.41 Å². The fourth-order valence-corrected chi connectivity index (χ4v) is 3.00. The van der Waals surface area contributed by atoms with Gasteiger partial charge in [-0.25, -0.2) is 4.98 Å². The molecule has 1 heterocycles. The number of aliphatic hydroxyl groups excluding tert-OH is 1. The number of nitriles is 1. The highest BCUT2D eigenvalue weighted by Crippen LogP contribution is 2.64. The summed E-state index contributed by atoms with van der Waals surface area (Å²) in [5.74, 6) is -0.821. The van der Waals surface area contributed by atoms with Gasteiger partial charge < -0.3 is 14.8 Å². The minimum Gasteiger partial charge on any atom is -0.507 e. The molecule has 2 N–H and O–H groups in total. The third-order valence-electron chi connectivity index (χ3n) is 4.07. The molecule has 8 heteroatoms. The molecule has 0 saturated heterocycles. The Kier molecular flexibility index (Phi) is 3.94. The van der Waals surface area contributed by atoms with E-state index in [-0.39, 0.29) is 17.8 Å². The van der Waals surface area contributed by atoms with Gasteiger partial charge in [0.05, 0.1) is 11.0 Å². The topological polar surface area (TPSA) is 99.0 Å². The van der Waals surface area contributed by atoms with Crippen LogP contribution in [0.25, 0.3) is 16.6 Å². The summed E-state index contributed by atoms with van der Waals surface area (Å²) in [6.45, 7) is 1.12. The van der Waals surface area contributed by atoms with Crippen molar-refractivity contribution < 1.29 is 14.6 Å². The zero-order chi connectivity index (χ0) is 17.5. The van der Waals surface area contributed by atoms with E-state index in [1.54, 1.807) is 19.1 Å². The first kappa shape index (κ1) is 16.6. The predicted octanol–water partition coefficient (Wildman–Crippen LogP) is 3.48. The number of esters is 1. The molecule has 0 amide bonds. The number of aromatic amines is 1. The summed E-state index contributed by atoms with van der Waals surface area (Å²) in [6.07, 6.45) is 0.279. The molecule has 1 fully saturated rings. The Balaban J connectivity index is 1.79. The van der Waals surface area contributed by atoms with Gasteiger partial charge in [-0.1, -0.05) is 12.1 Å². The molecule has 124 valence electrons. The molecule has 0 bridgehead atoms. The molecule has 0 aliphatic heterocycles. The van der Waals surface area contributed by atoms with Gasteiger partial charge in [0, 0.05) is 6.42 Å². The lowest BCUT2D eigenvalue weighted by Crippen LogP contribution is -2.22. The van der Waals surface area contributed by atoms with E-state index in [9.17, 15) is 15.2 Å². The molecule has 6 nitrogen and oxygen atoms in total. The van der Waals surface area contributed by atoms with E-state index in [0.29, 0.717) is 5.52 Å². The lowest BCUT2D eigenvalue weighted by Gasteiger charge is -2.11. The first-order valence-corrected chi connectivity index (χ1v) is 7.86. The maximum Gasteiger partial charge on any atom is 0.315 e. The second-order valence-electron chi connectivity index (χ2n) is 5.83. The van der Waals surface area contributed by atoms with Crippen molar-refractivity contribution in [3.8, 4) is 6.07 Å². The smallest absolute Gasteiger partial charge is 0.315 e. The number of halogens is 2. The Labute approximate surface area is 147 Å². The summed E-state index contributed by atoms with van der Waals surface area (Å²) in [6, 6.07) is 9.07. The minimum absolute atomic E-state index is 0.0945. The second kappa shape index (κ2) is 5.69. The largest absolute Gasteiger partial charge is 0.507 e. The molecule has 24 heavy (non-hydrogen) atoms. The number of carbonyl (C=O) groups excluding carboxylic acids is 1. The van der Waals surface area contributed by atoms with E-state index in [1.165, 1.54) is 0 Å². The first-order valence-electron chi connectivity index (χ1n) is 7.11. The number of rotatable bonds is 4. The predicted molar refractivity (Wildman–Crippen MR) is 89.4 cm³/mol. The number of nitrogens with zero attached hydrogens (tertiary/aromatic N) is 2. The number of aromatic nitrogens is 2. The maximum atomic E-state index is 12.0. The van der Waals surface area contributed by atoms with Gasteiger partial charge in [-0.2, -0.15) is 5.26 Å². The Bertz CT molecular complexity index is 864. The van der Waals surface area contributed by atoms with Crippen molar-refractivity contribution in [1.82, 2.24) is 9.97 Å². The highest BCUT2D eigenvalue weighted by atomic mass is 35.5. The normalized spacial score (nSPS) is 22.6. The number of para-hydroxylation sites is 2. The van der Waals surface area contributed by atoms with Crippen LogP contribution in [0.2, 0.25) is 0 Å². The monoisotopic (exact) mass is 365 g/mol. The van der Waals surface area contributed by atoms with E-state index >= 15 is 0 Å². The minimum atomic E-state index is -1.15. The van der Waals surface area contributed by atoms with Crippen LogP contribution < -0.4 is 0 Å². The lowest BCUT2D eigenvalue weighted by atomic mass is 10.1. The molecule has 1 aliphatic carbocycles. The molecule has 1 aromatic carbocycles. The zero-order valence-corrected chi connectivity index (χ0v) is 14.1. The molecule has 1 aliphatic rings. The number of benzene rings is 1. The number of carbonyl (C=O) groups is 1. The van der Waals surface area contributed by atoms with Crippen LogP contribution in [0, 0.1) is 16.7 Å². The van der Waals surface area contributed by atoms with Gasteiger partial charge in [-0.3, -0.25) is 4.79 Å². The fourth-order valence-electron chi connectivity index (χ4n) is 2.31. The van der Waals surface area contributed by atoms with Crippen LogP contribution >= 0.6 is 23.2 Å². The molecular formula is C16H13Cl2N3O3. The van der Waals surface area contributed by atoms with Gasteiger partial charge in [0.25, 0.3) is 0 Å². The van der Waals surface area contributed by atoms with Gasteiger partial charge in [-0.15, -0.1) is 23.2 Å². The molecule has 2 aromatic rings. The van der Waals surface area contributed by atoms with Crippen LogP contribution in [-0.4, -0.2) is 32.0 Å². The van der Waals surface area contributed by atoms with Crippen molar-refractivity contribution in [1.29, 1.82) is 5.26 Å². The van der Waals surface area contributed by atoms with E-state index in [4.69, 9.17) is 27.9 Å². The van der Waals surface area contributed by atoms with Crippen LogP contribution in [-0.2, 0) is 9.53 Å². The van der Waals surface area contributed by atoms with Crippen LogP contribution in [0.1, 0.15) is 19.2 Å². The van der Waals surface area contributed by atoms with Crippen molar-refractivity contribution in [3.05, 3.63) is 35.8 Å². The van der Waals surface area contributed by atoms with Crippen LogP contribution in [0.4, 0.5) is 0 Å². The molecule has 1 saturated carbocycles. The molecule has 0 unspecified atom stereocenters. The molecule has 0 radical (unpaired) electrons. The summed E-state index contributed by atoms with van der Waals surface area (Å²) in [5.41, 5.74) is 0.292. The van der Waals surface area contributed by atoms with Crippen LogP contribution in [0.5, 0.6) is 0 Å². The molecule has 1 atom stereocenters. The van der Waals surface area contributed by atoms with Crippen LogP contribution in [0.15, 0.2) is 30.0 Å². The van der Waals surface area contributed by atoms with Crippen LogP contribution in [0.3, 0.4) is 0 Å². The number of fused-ring (bicyclic) bond motifs is 1.